The second-order valence-electron chi connectivity index (χ2n) is 4.67. The molecule has 0 aromatic carbocycles. The van der Waals surface area contributed by atoms with Crippen molar-refractivity contribution in [2.24, 2.45) is 5.41 Å². The molecule has 0 spiro atoms. The van der Waals surface area contributed by atoms with E-state index in [1.807, 2.05) is 0 Å². The Bertz CT molecular complexity index is 286. The lowest BCUT2D eigenvalue weighted by Gasteiger charge is -2.25. The Morgan fingerprint density at radius 1 is 1.24 bits per heavy atom. The van der Waals surface area contributed by atoms with Crippen molar-refractivity contribution in [3.63, 3.8) is 0 Å². The number of carbonyl (C=O) groups excluding carboxylic acids is 2. The van der Waals surface area contributed by atoms with Gasteiger partial charge in [0.2, 0.25) is 0 Å². The molecule has 5 nitrogen and oxygen atoms in total. The molecule has 0 bridgehead atoms. The van der Waals surface area contributed by atoms with Crippen molar-refractivity contribution in [2.75, 3.05) is 13.2 Å². The molecule has 1 N–H and O–H groups in total. The molecule has 5 heteroatoms. The van der Waals surface area contributed by atoms with Gasteiger partial charge in [0.25, 0.3) is 0 Å². The van der Waals surface area contributed by atoms with E-state index in [0.717, 1.165) is 0 Å². The number of hydrogen-bond donors (Lipinski definition) is 1. The highest BCUT2D eigenvalue weighted by Gasteiger charge is 2.56. The predicted octanol–water partition coefficient (Wildman–Crippen LogP) is 1.03. The lowest BCUT2D eigenvalue weighted by molar-refractivity contribution is -0.168. The molecular formula is C12H20O5. The topological polar surface area (TPSA) is 72.8 Å². The van der Waals surface area contributed by atoms with Crippen LogP contribution in [-0.4, -0.2) is 35.9 Å². The molecule has 1 fully saturated rings. The summed E-state index contributed by atoms with van der Waals surface area (Å²) in [5.74, 6) is -1.01. The normalized spacial score (nSPS) is 20.2. The first-order chi connectivity index (χ1) is 7.88. The average Bonchev–Trinajstić information content (AvgIpc) is 2.99. The summed E-state index contributed by atoms with van der Waals surface area (Å²) in [6.07, 6.45) is 1.38. The molecule has 98 valence electrons. The lowest BCUT2D eigenvalue weighted by Crippen LogP contribution is -2.41. The molecule has 0 heterocycles. The van der Waals surface area contributed by atoms with Gasteiger partial charge in [0.15, 0.2) is 5.60 Å². The van der Waals surface area contributed by atoms with Gasteiger partial charge in [0, 0.05) is 6.42 Å². The van der Waals surface area contributed by atoms with Crippen LogP contribution in [0.4, 0.5) is 0 Å². The number of aliphatic hydroxyl groups is 1. The summed E-state index contributed by atoms with van der Waals surface area (Å²) in [6.45, 7) is 5.30. The summed E-state index contributed by atoms with van der Waals surface area (Å²) in [5, 5.41) is 10.0. The van der Waals surface area contributed by atoms with Gasteiger partial charge in [-0.05, 0) is 33.6 Å². The van der Waals surface area contributed by atoms with Crippen LogP contribution in [0.1, 0.15) is 40.0 Å². The van der Waals surface area contributed by atoms with Gasteiger partial charge in [-0.15, -0.1) is 0 Å². The summed E-state index contributed by atoms with van der Waals surface area (Å²) < 4.78 is 9.73. The SMILES string of the molecule is CCOC(=O)C(C)(O)CC1(C(=O)OCC)CC1. The smallest absolute Gasteiger partial charge is 0.337 e. The van der Waals surface area contributed by atoms with Crippen molar-refractivity contribution in [1.29, 1.82) is 0 Å². The van der Waals surface area contributed by atoms with Crippen LogP contribution in [0, 0.1) is 5.41 Å². The number of rotatable bonds is 6. The maximum Gasteiger partial charge on any atom is 0.337 e. The molecule has 0 aliphatic heterocycles. The molecule has 0 radical (unpaired) electrons. The van der Waals surface area contributed by atoms with Crippen molar-refractivity contribution in [3.8, 4) is 0 Å². The zero-order valence-corrected chi connectivity index (χ0v) is 10.6. The third kappa shape index (κ3) is 3.19. The molecule has 1 rings (SSSR count). The first-order valence-electron chi connectivity index (χ1n) is 5.95. The van der Waals surface area contributed by atoms with E-state index in [1.165, 1.54) is 6.92 Å². The van der Waals surface area contributed by atoms with Crippen LogP contribution in [0.3, 0.4) is 0 Å². The highest BCUT2D eigenvalue weighted by Crippen LogP contribution is 2.52. The largest absolute Gasteiger partial charge is 0.466 e. The van der Waals surface area contributed by atoms with Crippen LogP contribution >= 0.6 is 0 Å². The predicted molar refractivity (Wildman–Crippen MR) is 60.2 cm³/mol. The van der Waals surface area contributed by atoms with E-state index in [-0.39, 0.29) is 19.0 Å². The Morgan fingerprint density at radius 2 is 1.76 bits per heavy atom. The maximum atomic E-state index is 11.7. The molecule has 1 aliphatic rings. The van der Waals surface area contributed by atoms with Crippen LogP contribution in [0.5, 0.6) is 0 Å². The summed E-state index contributed by atoms with van der Waals surface area (Å²) in [6, 6.07) is 0. The van der Waals surface area contributed by atoms with Crippen LogP contribution in [0.2, 0.25) is 0 Å². The Balaban J connectivity index is 2.64. The van der Waals surface area contributed by atoms with E-state index in [9.17, 15) is 14.7 Å². The second-order valence-corrected chi connectivity index (χ2v) is 4.67. The van der Waals surface area contributed by atoms with Crippen molar-refractivity contribution in [2.45, 2.75) is 45.6 Å². The van der Waals surface area contributed by atoms with Crippen molar-refractivity contribution in [1.82, 2.24) is 0 Å². The number of ether oxygens (including phenoxy) is 2. The van der Waals surface area contributed by atoms with E-state index in [0.29, 0.717) is 19.4 Å². The zero-order valence-electron chi connectivity index (χ0n) is 10.6. The van der Waals surface area contributed by atoms with Gasteiger partial charge in [-0.25, -0.2) is 4.79 Å². The first kappa shape index (κ1) is 14.0. The van der Waals surface area contributed by atoms with Gasteiger partial charge in [-0.3, -0.25) is 4.79 Å². The van der Waals surface area contributed by atoms with E-state index in [1.54, 1.807) is 13.8 Å². The summed E-state index contributed by atoms with van der Waals surface area (Å²) in [7, 11) is 0. The number of hydrogen-bond acceptors (Lipinski definition) is 5. The fraction of sp³-hybridized carbons (Fsp3) is 0.833. The maximum absolute atomic E-state index is 11.7. The third-order valence-electron chi connectivity index (χ3n) is 2.96. The first-order valence-corrected chi connectivity index (χ1v) is 5.95. The summed E-state index contributed by atoms with van der Waals surface area (Å²) >= 11 is 0. The molecule has 1 aliphatic carbocycles. The van der Waals surface area contributed by atoms with E-state index >= 15 is 0 Å². The van der Waals surface area contributed by atoms with Gasteiger partial charge < -0.3 is 14.6 Å². The van der Waals surface area contributed by atoms with Gasteiger partial charge in [0.1, 0.15) is 0 Å². The molecule has 0 saturated heterocycles. The Morgan fingerprint density at radius 3 is 2.18 bits per heavy atom. The summed E-state index contributed by atoms with van der Waals surface area (Å²) in [5.41, 5.74) is -2.31. The standard InChI is InChI=1S/C12H20O5/c1-4-16-9(13)11(3,15)8-12(6-7-12)10(14)17-5-2/h15H,4-8H2,1-3H3. The quantitative estimate of drug-likeness (QED) is 0.706. The Labute approximate surface area is 101 Å². The van der Waals surface area contributed by atoms with E-state index in [4.69, 9.17) is 9.47 Å². The number of esters is 2. The highest BCUT2D eigenvalue weighted by molar-refractivity contribution is 5.84. The van der Waals surface area contributed by atoms with Crippen molar-refractivity contribution in [3.05, 3.63) is 0 Å². The van der Waals surface area contributed by atoms with Crippen LogP contribution < -0.4 is 0 Å². The molecule has 17 heavy (non-hydrogen) atoms. The van der Waals surface area contributed by atoms with E-state index in [2.05, 4.69) is 0 Å². The lowest BCUT2D eigenvalue weighted by atomic mass is 9.89. The Kier molecular flexibility index (Phi) is 4.14. The molecule has 0 amide bonds. The molecule has 1 saturated carbocycles. The number of carbonyl (C=O) groups is 2. The molecule has 1 unspecified atom stereocenters. The highest BCUT2D eigenvalue weighted by atomic mass is 16.6. The molecule has 0 aromatic heterocycles. The minimum atomic E-state index is -1.63. The van der Waals surface area contributed by atoms with Crippen LogP contribution in [-0.2, 0) is 19.1 Å². The molecular weight excluding hydrogens is 224 g/mol. The second kappa shape index (κ2) is 5.04. The van der Waals surface area contributed by atoms with E-state index < -0.39 is 17.0 Å². The van der Waals surface area contributed by atoms with Crippen molar-refractivity contribution < 1.29 is 24.2 Å². The fourth-order valence-electron chi connectivity index (χ4n) is 1.91. The average molecular weight is 244 g/mol. The Hall–Kier alpha value is -1.10. The van der Waals surface area contributed by atoms with Gasteiger partial charge in [0.05, 0.1) is 18.6 Å². The van der Waals surface area contributed by atoms with Gasteiger partial charge in [-0.2, -0.15) is 0 Å². The molecule has 0 aromatic rings. The van der Waals surface area contributed by atoms with Crippen molar-refractivity contribution >= 4 is 11.9 Å². The molecule has 1 atom stereocenters. The summed E-state index contributed by atoms with van der Waals surface area (Å²) in [4.78, 5) is 23.2. The monoisotopic (exact) mass is 244 g/mol. The minimum absolute atomic E-state index is 0.0671. The van der Waals surface area contributed by atoms with Crippen LogP contribution in [0.15, 0.2) is 0 Å². The fourth-order valence-corrected chi connectivity index (χ4v) is 1.91. The zero-order chi connectivity index (χ0) is 13.1. The van der Waals surface area contributed by atoms with Gasteiger partial charge >= 0.3 is 11.9 Å². The third-order valence-corrected chi connectivity index (χ3v) is 2.96. The minimum Gasteiger partial charge on any atom is -0.466 e. The van der Waals surface area contributed by atoms with Crippen LogP contribution in [0.25, 0.3) is 0 Å². The van der Waals surface area contributed by atoms with Gasteiger partial charge in [-0.1, -0.05) is 0 Å².